The zero-order valence-electron chi connectivity index (χ0n) is 17.4. The molecule has 166 valence electrons. The fourth-order valence-electron chi connectivity index (χ4n) is 3.99. The number of carbonyl (C=O) groups is 1. The van der Waals surface area contributed by atoms with E-state index in [1.54, 1.807) is 0 Å². The molecule has 0 aliphatic heterocycles. The summed E-state index contributed by atoms with van der Waals surface area (Å²) in [5.74, 6) is 1.17. The Kier molecular flexibility index (Phi) is 6.89. The van der Waals surface area contributed by atoms with E-state index in [1.165, 1.54) is 17.7 Å². The molecule has 7 heteroatoms. The van der Waals surface area contributed by atoms with E-state index in [2.05, 4.69) is 11.4 Å². The van der Waals surface area contributed by atoms with Gasteiger partial charge >= 0.3 is 0 Å². The van der Waals surface area contributed by atoms with Gasteiger partial charge in [-0.1, -0.05) is 47.5 Å². The Labute approximate surface area is 197 Å². The summed E-state index contributed by atoms with van der Waals surface area (Å²) in [4.78, 5) is 12.9. The maximum Gasteiger partial charge on any atom is 0.237 e. The summed E-state index contributed by atoms with van der Waals surface area (Å²) in [6, 6.07) is 17.4. The highest BCUT2D eigenvalue weighted by Crippen LogP contribution is 2.34. The first-order valence-corrected chi connectivity index (χ1v) is 11.2. The number of halogens is 2. The minimum atomic E-state index is -0.830. The van der Waals surface area contributed by atoms with Gasteiger partial charge in [-0.3, -0.25) is 4.79 Å². The number of nitrogens with one attached hydrogen (secondary N) is 1. The van der Waals surface area contributed by atoms with E-state index in [4.69, 9.17) is 33.7 Å². The van der Waals surface area contributed by atoms with Crippen molar-refractivity contribution < 1.29 is 14.6 Å². The normalized spacial score (nSPS) is 16.2. The molecule has 2 unspecified atom stereocenters. The molecule has 4 rings (SSSR count). The molecule has 0 bridgehead atoms. The van der Waals surface area contributed by atoms with Gasteiger partial charge in [0.25, 0.3) is 0 Å². The highest BCUT2D eigenvalue weighted by Gasteiger charge is 2.26. The van der Waals surface area contributed by atoms with Crippen molar-refractivity contribution in [2.24, 2.45) is 5.73 Å². The van der Waals surface area contributed by atoms with Crippen LogP contribution in [0.1, 0.15) is 35.6 Å². The number of fused-ring (bicyclic) bond motifs is 1. The molecule has 0 fully saturated rings. The summed E-state index contributed by atoms with van der Waals surface area (Å²) in [6.07, 6.45) is 2.92. The monoisotopic (exact) mass is 470 g/mol. The summed E-state index contributed by atoms with van der Waals surface area (Å²) in [5.41, 5.74) is 8.96. The number of amides is 1. The Morgan fingerprint density at radius 3 is 2.53 bits per heavy atom. The van der Waals surface area contributed by atoms with E-state index in [9.17, 15) is 9.90 Å². The van der Waals surface area contributed by atoms with Gasteiger partial charge in [0.2, 0.25) is 5.91 Å². The fraction of sp³-hybridized carbons (Fsp3) is 0.240. The average Bonchev–Trinajstić information content (AvgIpc) is 2.77. The van der Waals surface area contributed by atoms with Gasteiger partial charge in [-0.15, -0.1) is 0 Å². The molecule has 0 radical (unpaired) electrons. The maximum absolute atomic E-state index is 12.9. The van der Waals surface area contributed by atoms with Crippen LogP contribution in [0.15, 0.2) is 60.7 Å². The smallest absolute Gasteiger partial charge is 0.237 e. The first-order chi connectivity index (χ1) is 15.4. The quantitative estimate of drug-likeness (QED) is 0.440. The second kappa shape index (κ2) is 9.82. The Hall–Kier alpha value is -2.73. The number of para-hydroxylation sites is 1. The predicted molar refractivity (Wildman–Crippen MR) is 127 cm³/mol. The number of phenols is 1. The standard InChI is InChI=1S/C25H24Cl2N2O3/c26-21-11-16(30)12-22(27)20(21)14-23(28)25(31)29-24-8-4-5-15-9-10-18(13-19(15)24)32-17-6-2-1-3-7-17/h1-3,6-7,9-13,23-24,30H,4-5,8,14,28H2,(H,29,31). The molecule has 3 aromatic carbocycles. The SMILES string of the molecule is NC(Cc1c(Cl)cc(O)cc1Cl)C(=O)NC1CCCc2ccc(Oc3ccccc3)cc21. The number of benzene rings is 3. The lowest BCUT2D eigenvalue weighted by Gasteiger charge is -2.28. The fourth-order valence-corrected chi connectivity index (χ4v) is 4.62. The van der Waals surface area contributed by atoms with E-state index in [-0.39, 0.29) is 34.2 Å². The zero-order chi connectivity index (χ0) is 22.7. The maximum atomic E-state index is 12.9. The molecule has 0 heterocycles. The predicted octanol–water partition coefficient (Wildman–Crippen LogP) is 5.55. The topological polar surface area (TPSA) is 84.6 Å². The Morgan fingerprint density at radius 1 is 1.09 bits per heavy atom. The summed E-state index contributed by atoms with van der Waals surface area (Å²) in [5, 5.41) is 13.2. The van der Waals surface area contributed by atoms with Crippen molar-refractivity contribution in [1.29, 1.82) is 0 Å². The van der Waals surface area contributed by atoms with Crippen LogP contribution in [0, 0.1) is 0 Å². The van der Waals surface area contributed by atoms with Crippen molar-refractivity contribution in [1.82, 2.24) is 5.32 Å². The number of hydrogen-bond donors (Lipinski definition) is 3. The van der Waals surface area contributed by atoms with Crippen molar-refractivity contribution in [3.05, 3.63) is 87.4 Å². The highest BCUT2D eigenvalue weighted by molar-refractivity contribution is 6.36. The lowest BCUT2D eigenvalue weighted by molar-refractivity contribution is -0.123. The minimum Gasteiger partial charge on any atom is -0.508 e. The largest absolute Gasteiger partial charge is 0.508 e. The van der Waals surface area contributed by atoms with Crippen LogP contribution in [-0.4, -0.2) is 17.1 Å². The van der Waals surface area contributed by atoms with Gasteiger partial charge < -0.3 is 20.9 Å². The highest BCUT2D eigenvalue weighted by atomic mass is 35.5. The van der Waals surface area contributed by atoms with E-state index >= 15 is 0 Å². The van der Waals surface area contributed by atoms with Crippen LogP contribution in [0.4, 0.5) is 0 Å². The molecule has 1 aliphatic rings. The van der Waals surface area contributed by atoms with E-state index in [1.807, 2.05) is 42.5 Å². The molecule has 0 aromatic heterocycles. The molecule has 0 spiro atoms. The third-order valence-electron chi connectivity index (χ3n) is 5.61. The van der Waals surface area contributed by atoms with Crippen LogP contribution in [0.3, 0.4) is 0 Å². The number of nitrogens with two attached hydrogens (primary N) is 1. The van der Waals surface area contributed by atoms with Gasteiger partial charge in [0, 0.05) is 10.0 Å². The number of aromatic hydroxyl groups is 1. The Balaban J connectivity index is 1.48. The Bertz CT molecular complexity index is 1100. The summed E-state index contributed by atoms with van der Waals surface area (Å²) < 4.78 is 5.97. The zero-order valence-corrected chi connectivity index (χ0v) is 18.9. The number of aryl methyl sites for hydroxylation is 1. The lowest BCUT2D eigenvalue weighted by atomic mass is 9.87. The molecule has 0 saturated heterocycles. The van der Waals surface area contributed by atoms with Gasteiger partial charge in [0.15, 0.2) is 0 Å². The molecule has 32 heavy (non-hydrogen) atoms. The van der Waals surface area contributed by atoms with Gasteiger partial charge in [0.1, 0.15) is 17.2 Å². The summed E-state index contributed by atoms with van der Waals surface area (Å²) in [7, 11) is 0. The van der Waals surface area contributed by atoms with Crippen molar-refractivity contribution >= 4 is 29.1 Å². The van der Waals surface area contributed by atoms with Gasteiger partial charge in [-0.25, -0.2) is 0 Å². The van der Waals surface area contributed by atoms with Gasteiger partial charge in [0.05, 0.1) is 12.1 Å². The second-order valence-corrected chi connectivity index (χ2v) is 8.74. The molecule has 2 atom stereocenters. The molecule has 3 aromatic rings. The third-order valence-corrected chi connectivity index (χ3v) is 6.29. The summed E-state index contributed by atoms with van der Waals surface area (Å²) in [6.45, 7) is 0. The molecule has 1 aliphatic carbocycles. The van der Waals surface area contributed by atoms with Crippen LogP contribution >= 0.6 is 23.2 Å². The number of rotatable bonds is 6. The molecule has 0 saturated carbocycles. The molecule has 1 amide bonds. The molecule has 5 nitrogen and oxygen atoms in total. The molecular formula is C25H24Cl2N2O3. The lowest BCUT2D eigenvalue weighted by Crippen LogP contribution is -2.44. The van der Waals surface area contributed by atoms with Crippen LogP contribution in [0.25, 0.3) is 0 Å². The van der Waals surface area contributed by atoms with Crippen LogP contribution < -0.4 is 15.8 Å². The van der Waals surface area contributed by atoms with Crippen molar-refractivity contribution in [2.75, 3.05) is 0 Å². The minimum absolute atomic E-state index is 0.0332. The van der Waals surface area contributed by atoms with E-state index < -0.39 is 6.04 Å². The van der Waals surface area contributed by atoms with Gasteiger partial charge in [-0.05, 0) is 78.8 Å². The molecular weight excluding hydrogens is 447 g/mol. The van der Waals surface area contributed by atoms with Crippen LogP contribution in [0.5, 0.6) is 17.2 Å². The third kappa shape index (κ3) is 5.18. The van der Waals surface area contributed by atoms with Crippen molar-refractivity contribution in [2.45, 2.75) is 37.8 Å². The van der Waals surface area contributed by atoms with Crippen molar-refractivity contribution in [3.63, 3.8) is 0 Å². The first kappa shape index (κ1) is 22.5. The number of ether oxygens (including phenoxy) is 1. The number of carbonyl (C=O) groups excluding carboxylic acids is 1. The van der Waals surface area contributed by atoms with E-state index in [0.29, 0.717) is 5.56 Å². The number of phenolic OH excluding ortho intramolecular Hbond substituents is 1. The van der Waals surface area contributed by atoms with Gasteiger partial charge in [-0.2, -0.15) is 0 Å². The van der Waals surface area contributed by atoms with Crippen LogP contribution in [-0.2, 0) is 17.6 Å². The van der Waals surface area contributed by atoms with Crippen molar-refractivity contribution in [3.8, 4) is 17.2 Å². The molecule has 4 N–H and O–H groups in total. The Morgan fingerprint density at radius 2 is 1.81 bits per heavy atom. The second-order valence-electron chi connectivity index (χ2n) is 7.93. The summed E-state index contributed by atoms with van der Waals surface area (Å²) >= 11 is 12.4. The average molecular weight is 471 g/mol. The number of hydrogen-bond acceptors (Lipinski definition) is 4. The first-order valence-electron chi connectivity index (χ1n) is 10.5. The van der Waals surface area contributed by atoms with Crippen LogP contribution in [0.2, 0.25) is 10.0 Å². The van der Waals surface area contributed by atoms with E-state index in [0.717, 1.165) is 36.3 Å².